The monoisotopic (exact) mass is 216 g/mol. The van der Waals surface area contributed by atoms with Crippen molar-refractivity contribution in [2.75, 3.05) is 0 Å². The highest BCUT2D eigenvalue weighted by molar-refractivity contribution is 7.80. The summed E-state index contributed by atoms with van der Waals surface area (Å²) in [5.41, 5.74) is 0.601. The molecule has 0 aliphatic carbocycles. The molecule has 1 unspecified atom stereocenters. The highest BCUT2D eigenvalue weighted by atomic mass is 32.1. The van der Waals surface area contributed by atoms with E-state index in [-0.39, 0.29) is 16.4 Å². The molecule has 0 aromatic heterocycles. The van der Waals surface area contributed by atoms with Gasteiger partial charge in [0.25, 0.3) is 6.43 Å². The standard InChI is InChI=1S/C10H10F2OS/c1-6(5-13)7-2-3-8(10(11)12)9(14)4-7/h2-6,10,14H,1H3. The summed E-state index contributed by atoms with van der Waals surface area (Å²) in [5, 5.41) is 0. The average molecular weight is 216 g/mol. The van der Waals surface area contributed by atoms with E-state index in [9.17, 15) is 13.6 Å². The third kappa shape index (κ3) is 2.32. The van der Waals surface area contributed by atoms with Crippen LogP contribution in [0.25, 0.3) is 0 Å². The zero-order valence-electron chi connectivity index (χ0n) is 7.58. The van der Waals surface area contributed by atoms with Crippen LogP contribution in [0, 0.1) is 0 Å². The van der Waals surface area contributed by atoms with Gasteiger partial charge in [0.2, 0.25) is 0 Å². The first-order valence-corrected chi connectivity index (χ1v) is 4.57. The van der Waals surface area contributed by atoms with Crippen LogP contribution in [0.1, 0.15) is 30.4 Å². The summed E-state index contributed by atoms with van der Waals surface area (Å²) in [4.78, 5) is 10.7. The summed E-state index contributed by atoms with van der Waals surface area (Å²) in [5.74, 6) is -0.285. The van der Waals surface area contributed by atoms with Crippen LogP contribution in [0.2, 0.25) is 0 Å². The number of rotatable bonds is 3. The lowest BCUT2D eigenvalue weighted by molar-refractivity contribution is -0.108. The summed E-state index contributed by atoms with van der Waals surface area (Å²) in [6.45, 7) is 1.71. The molecule has 0 fully saturated rings. The van der Waals surface area contributed by atoms with Gasteiger partial charge in [-0.05, 0) is 11.6 Å². The van der Waals surface area contributed by atoms with Crippen molar-refractivity contribution in [1.29, 1.82) is 0 Å². The molecule has 0 N–H and O–H groups in total. The molecule has 1 aromatic carbocycles. The van der Waals surface area contributed by atoms with E-state index in [0.29, 0.717) is 5.56 Å². The summed E-state index contributed by atoms with van der Waals surface area (Å²) in [6.07, 6.45) is -1.76. The highest BCUT2D eigenvalue weighted by Crippen LogP contribution is 2.28. The maximum Gasteiger partial charge on any atom is 0.264 e. The van der Waals surface area contributed by atoms with Crippen molar-refractivity contribution >= 4 is 18.9 Å². The largest absolute Gasteiger partial charge is 0.303 e. The van der Waals surface area contributed by atoms with Crippen molar-refractivity contribution in [3.63, 3.8) is 0 Å². The molecule has 0 aliphatic heterocycles. The molecule has 0 spiro atoms. The molecule has 76 valence electrons. The Bertz CT molecular complexity index is 339. The lowest BCUT2D eigenvalue weighted by Gasteiger charge is -2.08. The van der Waals surface area contributed by atoms with Crippen LogP contribution in [0.3, 0.4) is 0 Å². The quantitative estimate of drug-likeness (QED) is 0.606. The van der Waals surface area contributed by atoms with E-state index in [2.05, 4.69) is 12.6 Å². The van der Waals surface area contributed by atoms with Gasteiger partial charge in [0.15, 0.2) is 0 Å². The zero-order valence-corrected chi connectivity index (χ0v) is 8.47. The molecule has 1 rings (SSSR count). The van der Waals surface area contributed by atoms with Crippen LogP contribution in [0.5, 0.6) is 0 Å². The van der Waals surface area contributed by atoms with Crippen molar-refractivity contribution in [2.24, 2.45) is 0 Å². The molecule has 0 radical (unpaired) electrons. The number of hydrogen-bond donors (Lipinski definition) is 1. The summed E-state index contributed by atoms with van der Waals surface area (Å²) in [7, 11) is 0. The summed E-state index contributed by atoms with van der Waals surface area (Å²) in [6, 6.07) is 4.34. The van der Waals surface area contributed by atoms with Gasteiger partial charge < -0.3 is 4.79 Å². The minimum absolute atomic E-state index is 0.102. The van der Waals surface area contributed by atoms with E-state index in [1.807, 2.05) is 0 Å². The lowest BCUT2D eigenvalue weighted by atomic mass is 10.0. The molecular formula is C10H10F2OS. The fourth-order valence-corrected chi connectivity index (χ4v) is 1.43. The van der Waals surface area contributed by atoms with Crippen molar-refractivity contribution in [1.82, 2.24) is 0 Å². The Morgan fingerprint density at radius 2 is 2.07 bits per heavy atom. The van der Waals surface area contributed by atoms with Crippen molar-refractivity contribution in [3.8, 4) is 0 Å². The van der Waals surface area contributed by atoms with Gasteiger partial charge in [0, 0.05) is 16.4 Å². The van der Waals surface area contributed by atoms with Crippen molar-refractivity contribution in [3.05, 3.63) is 29.3 Å². The molecular weight excluding hydrogens is 206 g/mol. The number of thiol groups is 1. The van der Waals surface area contributed by atoms with Gasteiger partial charge in [-0.3, -0.25) is 0 Å². The highest BCUT2D eigenvalue weighted by Gasteiger charge is 2.12. The molecule has 0 bridgehead atoms. The van der Waals surface area contributed by atoms with E-state index < -0.39 is 6.43 Å². The number of carbonyl (C=O) groups excluding carboxylic acids is 1. The summed E-state index contributed by atoms with van der Waals surface area (Å²) < 4.78 is 24.6. The van der Waals surface area contributed by atoms with Gasteiger partial charge in [-0.1, -0.05) is 19.1 Å². The van der Waals surface area contributed by atoms with E-state index in [4.69, 9.17) is 0 Å². The molecule has 1 aromatic rings. The molecule has 0 saturated heterocycles. The van der Waals surface area contributed by atoms with Crippen LogP contribution < -0.4 is 0 Å². The van der Waals surface area contributed by atoms with Gasteiger partial charge in [-0.25, -0.2) is 8.78 Å². The molecule has 14 heavy (non-hydrogen) atoms. The van der Waals surface area contributed by atoms with Crippen LogP contribution in [-0.2, 0) is 4.79 Å². The molecule has 0 amide bonds. The SMILES string of the molecule is CC(C=O)c1ccc(C(F)F)c(S)c1. The van der Waals surface area contributed by atoms with E-state index in [0.717, 1.165) is 6.29 Å². The van der Waals surface area contributed by atoms with Crippen LogP contribution in [0.15, 0.2) is 23.1 Å². The van der Waals surface area contributed by atoms with Crippen LogP contribution >= 0.6 is 12.6 Å². The Kier molecular flexibility index (Phi) is 3.63. The smallest absolute Gasteiger partial charge is 0.264 e. The number of halogens is 2. The van der Waals surface area contributed by atoms with Crippen LogP contribution in [0.4, 0.5) is 8.78 Å². The second-order valence-corrected chi connectivity index (χ2v) is 3.53. The van der Waals surface area contributed by atoms with Gasteiger partial charge >= 0.3 is 0 Å². The molecule has 0 aliphatic rings. The minimum Gasteiger partial charge on any atom is -0.303 e. The van der Waals surface area contributed by atoms with Gasteiger partial charge in [-0.15, -0.1) is 12.6 Å². The average Bonchev–Trinajstić information content (AvgIpc) is 2.15. The molecule has 4 heteroatoms. The number of alkyl halides is 2. The normalized spacial score (nSPS) is 12.9. The van der Waals surface area contributed by atoms with Gasteiger partial charge in [0.1, 0.15) is 6.29 Å². The van der Waals surface area contributed by atoms with Crippen LogP contribution in [-0.4, -0.2) is 6.29 Å². The third-order valence-corrected chi connectivity index (χ3v) is 2.41. The number of benzene rings is 1. The zero-order chi connectivity index (χ0) is 10.7. The van der Waals surface area contributed by atoms with Gasteiger partial charge in [0.05, 0.1) is 0 Å². The Morgan fingerprint density at radius 3 is 2.50 bits per heavy atom. The molecule has 1 nitrogen and oxygen atoms in total. The molecule has 0 heterocycles. The number of carbonyl (C=O) groups is 1. The topological polar surface area (TPSA) is 17.1 Å². The Morgan fingerprint density at radius 1 is 1.43 bits per heavy atom. The van der Waals surface area contributed by atoms with E-state index >= 15 is 0 Å². The summed E-state index contributed by atoms with van der Waals surface area (Å²) >= 11 is 3.94. The second kappa shape index (κ2) is 4.55. The molecule has 0 saturated carbocycles. The van der Waals surface area contributed by atoms with Crippen molar-refractivity contribution < 1.29 is 13.6 Å². The van der Waals surface area contributed by atoms with Crippen molar-refractivity contribution in [2.45, 2.75) is 24.2 Å². The second-order valence-electron chi connectivity index (χ2n) is 3.04. The fraction of sp³-hybridized carbons (Fsp3) is 0.300. The Hall–Kier alpha value is -0.900. The third-order valence-electron chi connectivity index (χ3n) is 2.02. The first-order valence-electron chi connectivity index (χ1n) is 4.12. The van der Waals surface area contributed by atoms with Gasteiger partial charge in [-0.2, -0.15) is 0 Å². The maximum absolute atomic E-state index is 12.3. The molecule has 1 atom stereocenters. The minimum atomic E-state index is -2.52. The maximum atomic E-state index is 12.3. The number of aldehydes is 1. The first kappa shape index (κ1) is 11.2. The lowest BCUT2D eigenvalue weighted by Crippen LogP contribution is -1.96. The Balaban J connectivity index is 3.06. The predicted octanol–water partition coefficient (Wildman–Crippen LogP) is 3.22. The first-order chi connectivity index (χ1) is 6.56. The fourth-order valence-electron chi connectivity index (χ4n) is 1.11. The van der Waals surface area contributed by atoms with E-state index in [1.54, 1.807) is 6.92 Å². The predicted molar refractivity (Wildman–Crippen MR) is 53.1 cm³/mol. The Labute approximate surface area is 86.5 Å². The van der Waals surface area contributed by atoms with E-state index in [1.165, 1.54) is 18.2 Å². The number of hydrogen-bond acceptors (Lipinski definition) is 2.